The zero-order valence-electron chi connectivity index (χ0n) is 15.6. The van der Waals surface area contributed by atoms with Crippen molar-refractivity contribution in [2.75, 3.05) is 25.0 Å². The van der Waals surface area contributed by atoms with Crippen molar-refractivity contribution in [2.24, 2.45) is 0 Å². The summed E-state index contributed by atoms with van der Waals surface area (Å²) in [5.41, 5.74) is -1.51. The topological polar surface area (TPSA) is 75.7 Å². The van der Waals surface area contributed by atoms with Crippen LogP contribution in [0.5, 0.6) is 5.75 Å². The van der Waals surface area contributed by atoms with Gasteiger partial charge in [-0.25, -0.2) is 8.42 Å². The third-order valence-corrected chi connectivity index (χ3v) is 6.61. The molecule has 1 amide bonds. The molecule has 0 atom stereocenters. The highest BCUT2D eigenvalue weighted by Gasteiger charge is 2.34. The van der Waals surface area contributed by atoms with Crippen LogP contribution in [0.4, 0.5) is 18.9 Å². The predicted molar refractivity (Wildman–Crippen MR) is 105 cm³/mol. The number of nitrogens with zero attached hydrogens (tertiary/aromatic N) is 1. The minimum absolute atomic E-state index is 0.109. The fourth-order valence-corrected chi connectivity index (χ4v) is 4.67. The van der Waals surface area contributed by atoms with Gasteiger partial charge in [0.1, 0.15) is 5.75 Å². The first-order valence-corrected chi connectivity index (χ1v) is 10.8. The van der Waals surface area contributed by atoms with Crippen LogP contribution in [0.25, 0.3) is 0 Å². The first kappa shape index (κ1) is 22.4. The molecule has 162 valence electrons. The highest BCUT2D eigenvalue weighted by Crippen LogP contribution is 2.36. The monoisotopic (exact) mass is 462 g/mol. The molecule has 30 heavy (non-hydrogen) atoms. The summed E-state index contributed by atoms with van der Waals surface area (Å²) in [5.74, 6) is -0.603. The number of carbonyl (C=O) groups is 1. The third-order valence-electron chi connectivity index (χ3n) is 4.46. The molecule has 0 saturated carbocycles. The number of alkyl halides is 3. The van der Waals surface area contributed by atoms with Gasteiger partial charge < -0.3 is 10.1 Å². The number of carbonyl (C=O) groups excluding carboxylic acids is 1. The van der Waals surface area contributed by atoms with E-state index in [9.17, 15) is 26.4 Å². The van der Waals surface area contributed by atoms with Crippen LogP contribution < -0.4 is 10.1 Å². The Hall–Kier alpha value is -2.30. The van der Waals surface area contributed by atoms with E-state index in [4.69, 9.17) is 16.3 Å². The largest absolute Gasteiger partial charge is 0.484 e. The molecule has 1 heterocycles. The fraction of sp³-hybridized carbons (Fsp3) is 0.316. The molecule has 0 radical (unpaired) electrons. The van der Waals surface area contributed by atoms with Crippen LogP contribution in [-0.4, -0.2) is 38.3 Å². The zero-order valence-corrected chi connectivity index (χ0v) is 17.1. The molecule has 1 saturated heterocycles. The molecule has 0 spiro atoms. The Morgan fingerprint density at radius 1 is 1.10 bits per heavy atom. The van der Waals surface area contributed by atoms with Gasteiger partial charge in [0.25, 0.3) is 5.91 Å². The molecule has 6 nitrogen and oxygen atoms in total. The standard InChI is InChI=1S/C19H18ClF3N2O4S/c20-13-3-8-17(16(11-13)19(21,22)23)24-18(26)12-29-14-4-6-15(7-5-14)30(27,28)25-9-1-2-10-25/h3-8,11H,1-2,9-10,12H2,(H,24,26). The molecule has 1 aliphatic heterocycles. The van der Waals surface area contributed by atoms with Gasteiger partial charge in [-0.15, -0.1) is 0 Å². The Kier molecular flexibility index (Phi) is 6.59. The Bertz CT molecular complexity index is 1020. The molecule has 2 aromatic rings. The molecule has 1 N–H and O–H groups in total. The van der Waals surface area contributed by atoms with Gasteiger partial charge in [-0.3, -0.25) is 4.79 Å². The smallest absolute Gasteiger partial charge is 0.418 e. The summed E-state index contributed by atoms with van der Waals surface area (Å²) in [4.78, 5) is 12.1. The van der Waals surface area contributed by atoms with E-state index in [-0.39, 0.29) is 15.7 Å². The van der Waals surface area contributed by atoms with E-state index in [1.165, 1.54) is 34.6 Å². The van der Waals surface area contributed by atoms with Gasteiger partial charge in [-0.2, -0.15) is 17.5 Å². The molecule has 1 aliphatic rings. The molecule has 2 aromatic carbocycles. The average molecular weight is 463 g/mol. The van der Waals surface area contributed by atoms with E-state index in [0.717, 1.165) is 25.0 Å². The second-order valence-corrected chi connectivity index (χ2v) is 8.98. The maximum Gasteiger partial charge on any atom is 0.418 e. The summed E-state index contributed by atoms with van der Waals surface area (Å²) >= 11 is 5.60. The van der Waals surface area contributed by atoms with Crippen molar-refractivity contribution in [1.29, 1.82) is 0 Å². The van der Waals surface area contributed by atoms with Crippen LogP contribution >= 0.6 is 11.6 Å². The number of nitrogens with one attached hydrogen (secondary N) is 1. The highest BCUT2D eigenvalue weighted by molar-refractivity contribution is 7.89. The summed E-state index contributed by atoms with van der Waals surface area (Å²) in [6.45, 7) is 0.398. The SMILES string of the molecule is O=C(COc1ccc(S(=O)(=O)N2CCCC2)cc1)Nc1ccc(Cl)cc1C(F)(F)F. The quantitative estimate of drug-likeness (QED) is 0.699. The Morgan fingerprint density at radius 3 is 2.33 bits per heavy atom. The lowest BCUT2D eigenvalue weighted by Crippen LogP contribution is -2.27. The maximum absolute atomic E-state index is 13.1. The van der Waals surface area contributed by atoms with Crippen molar-refractivity contribution < 1.29 is 31.1 Å². The molecule has 1 fully saturated rings. The number of ether oxygens (including phenoxy) is 1. The van der Waals surface area contributed by atoms with Crippen LogP contribution in [-0.2, 0) is 21.0 Å². The Balaban J connectivity index is 1.62. The fourth-order valence-electron chi connectivity index (χ4n) is 2.98. The molecule has 0 aromatic heterocycles. The average Bonchev–Trinajstić information content (AvgIpc) is 3.23. The van der Waals surface area contributed by atoms with Crippen LogP contribution in [0.2, 0.25) is 5.02 Å². The number of hydrogen-bond acceptors (Lipinski definition) is 4. The van der Waals surface area contributed by atoms with Gasteiger partial charge in [-0.05, 0) is 55.3 Å². The lowest BCUT2D eigenvalue weighted by Gasteiger charge is -2.16. The summed E-state index contributed by atoms with van der Waals surface area (Å²) in [6, 6.07) is 8.51. The number of amides is 1. The lowest BCUT2D eigenvalue weighted by molar-refractivity contribution is -0.137. The lowest BCUT2D eigenvalue weighted by atomic mass is 10.1. The van der Waals surface area contributed by atoms with Crippen LogP contribution in [0.15, 0.2) is 47.4 Å². The number of benzene rings is 2. The van der Waals surface area contributed by atoms with E-state index in [1.54, 1.807) is 0 Å². The molecule has 0 aliphatic carbocycles. The van der Waals surface area contributed by atoms with Crippen LogP contribution in [0, 0.1) is 0 Å². The molecular weight excluding hydrogens is 445 g/mol. The summed E-state index contributed by atoms with van der Waals surface area (Å²) < 4.78 is 70.8. The highest BCUT2D eigenvalue weighted by atomic mass is 35.5. The van der Waals surface area contributed by atoms with E-state index < -0.39 is 40.0 Å². The Morgan fingerprint density at radius 2 is 1.73 bits per heavy atom. The summed E-state index contributed by atoms with van der Waals surface area (Å²) in [7, 11) is -3.57. The van der Waals surface area contributed by atoms with Gasteiger partial charge in [0, 0.05) is 18.1 Å². The number of sulfonamides is 1. The number of anilines is 1. The number of rotatable bonds is 6. The molecule has 0 unspecified atom stereocenters. The van der Waals surface area contributed by atoms with E-state index in [1.807, 2.05) is 0 Å². The Labute approximate surface area is 176 Å². The predicted octanol–water partition coefficient (Wildman–Crippen LogP) is 4.16. The summed E-state index contributed by atoms with van der Waals surface area (Å²) in [6.07, 6.45) is -3.05. The molecule has 3 rings (SSSR count). The van der Waals surface area contributed by atoms with Crippen molar-refractivity contribution in [2.45, 2.75) is 23.9 Å². The van der Waals surface area contributed by atoms with Gasteiger partial charge in [0.05, 0.1) is 16.1 Å². The number of hydrogen-bond donors (Lipinski definition) is 1. The van der Waals surface area contributed by atoms with Crippen LogP contribution in [0.1, 0.15) is 18.4 Å². The van der Waals surface area contributed by atoms with Crippen LogP contribution in [0.3, 0.4) is 0 Å². The molecule has 0 bridgehead atoms. The van der Waals surface area contributed by atoms with Crippen molar-refractivity contribution in [1.82, 2.24) is 4.31 Å². The van der Waals surface area contributed by atoms with Gasteiger partial charge >= 0.3 is 6.18 Å². The third kappa shape index (κ3) is 5.24. The van der Waals surface area contributed by atoms with E-state index in [2.05, 4.69) is 5.32 Å². The van der Waals surface area contributed by atoms with Crippen molar-refractivity contribution in [3.63, 3.8) is 0 Å². The minimum Gasteiger partial charge on any atom is -0.484 e. The van der Waals surface area contributed by atoms with E-state index >= 15 is 0 Å². The number of halogens is 4. The summed E-state index contributed by atoms with van der Waals surface area (Å²) in [5, 5.41) is 2.03. The molecule has 11 heteroatoms. The van der Waals surface area contributed by atoms with Gasteiger partial charge in [-0.1, -0.05) is 11.6 Å². The van der Waals surface area contributed by atoms with Gasteiger partial charge in [0.2, 0.25) is 10.0 Å². The zero-order chi connectivity index (χ0) is 21.9. The second kappa shape index (κ2) is 8.83. The second-order valence-electron chi connectivity index (χ2n) is 6.61. The first-order valence-electron chi connectivity index (χ1n) is 8.97. The molecular formula is C19H18ClF3N2O4S. The maximum atomic E-state index is 13.1. The van der Waals surface area contributed by atoms with Gasteiger partial charge in [0.15, 0.2) is 6.61 Å². The van der Waals surface area contributed by atoms with E-state index in [0.29, 0.717) is 13.1 Å². The van der Waals surface area contributed by atoms with Crippen molar-refractivity contribution >= 4 is 33.2 Å². The first-order chi connectivity index (χ1) is 14.1. The normalized spacial score (nSPS) is 15.2. The van der Waals surface area contributed by atoms with Crippen molar-refractivity contribution in [3.05, 3.63) is 53.1 Å². The van der Waals surface area contributed by atoms with Crippen molar-refractivity contribution in [3.8, 4) is 5.75 Å². The minimum atomic E-state index is -4.69.